The number of thiophene rings is 1. The number of nitrogens with zero attached hydrogens (tertiary/aromatic N) is 1. The number of carbonyl (C=O) groups excluding carboxylic acids is 1. The van der Waals surface area contributed by atoms with Gasteiger partial charge in [0.1, 0.15) is 11.6 Å². The molecule has 0 spiro atoms. The van der Waals surface area contributed by atoms with E-state index in [9.17, 15) is 13.6 Å². The Kier molecular flexibility index (Phi) is 4.27. The molecule has 0 saturated heterocycles. The summed E-state index contributed by atoms with van der Waals surface area (Å²) in [6, 6.07) is 4.24. The van der Waals surface area contributed by atoms with Crippen molar-refractivity contribution < 1.29 is 13.6 Å². The maximum absolute atomic E-state index is 13.8. The number of rotatable bonds is 3. The third-order valence-corrected chi connectivity index (χ3v) is 4.53. The van der Waals surface area contributed by atoms with E-state index in [0.29, 0.717) is 10.6 Å². The van der Waals surface area contributed by atoms with Gasteiger partial charge in [-0.2, -0.15) is 0 Å². The van der Waals surface area contributed by atoms with Crippen LogP contribution in [0.1, 0.15) is 33.1 Å². The lowest BCUT2D eigenvalue weighted by Gasteiger charge is -2.25. The normalized spacial score (nSPS) is 12.2. The lowest BCUT2D eigenvalue weighted by Crippen LogP contribution is -2.29. The molecule has 1 amide bonds. The van der Waals surface area contributed by atoms with Gasteiger partial charge in [-0.05, 0) is 38.1 Å². The van der Waals surface area contributed by atoms with E-state index in [0.717, 1.165) is 23.1 Å². The summed E-state index contributed by atoms with van der Waals surface area (Å²) in [5.41, 5.74) is 6.44. The Morgan fingerprint density at radius 3 is 2.57 bits per heavy atom. The number of carbonyl (C=O) groups is 1. The van der Waals surface area contributed by atoms with E-state index in [1.807, 2.05) is 6.92 Å². The molecule has 1 atom stereocenters. The van der Waals surface area contributed by atoms with Gasteiger partial charge >= 0.3 is 0 Å². The number of hydrogen-bond donors (Lipinski definition) is 1. The highest BCUT2D eigenvalue weighted by molar-refractivity contribution is 7.14. The summed E-state index contributed by atoms with van der Waals surface area (Å²) in [5.74, 6) is -1.34. The first kappa shape index (κ1) is 15.4. The van der Waals surface area contributed by atoms with E-state index in [-0.39, 0.29) is 11.5 Å². The molecule has 1 aromatic carbocycles. The van der Waals surface area contributed by atoms with Crippen LogP contribution in [0, 0.1) is 18.6 Å². The molecule has 1 heterocycles. The molecule has 0 aliphatic heterocycles. The predicted octanol–water partition coefficient (Wildman–Crippen LogP) is 3.75. The van der Waals surface area contributed by atoms with Crippen molar-refractivity contribution in [1.82, 2.24) is 4.90 Å². The Labute approximate surface area is 126 Å². The van der Waals surface area contributed by atoms with Gasteiger partial charge in [0, 0.05) is 23.2 Å². The highest BCUT2D eigenvalue weighted by Crippen LogP contribution is 2.28. The number of nitrogen functional groups attached to an aromatic ring is 1. The summed E-state index contributed by atoms with van der Waals surface area (Å²) in [6.07, 6.45) is 0. The lowest BCUT2D eigenvalue weighted by molar-refractivity contribution is 0.0745. The van der Waals surface area contributed by atoms with Gasteiger partial charge in [-0.1, -0.05) is 0 Å². The van der Waals surface area contributed by atoms with Crippen LogP contribution in [0.2, 0.25) is 0 Å². The molecule has 1 unspecified atom stereocenters. The highest BCUT2D eigenvalue weighted by Gasteiger charge is 2.23. The molecule has 6 heteroatoms. The third-order valence-electron chi connectivity index (χ3n) is 3.48. The Morgan fingerprint density at radius 2 is 2.00 bits per heavy atom. The fourth-order valence-corrected chi connectivity index (χ4v) is 2.92. The fourth-order valence-electron chi connectivity index (χ4n) is 1.99. The van der Waals surface area contributed by atoms with E-state index in [4.69, 9.17) is 5.73 Å². The van der Waals surface area contributed by atoms with Crippen molar-refractivity contribution in [2.75, 3.05) is 12.8 Å². The van der Waals surface area contributed by atoms with Gasteiger partial charge in [0.25, 0.3) is 5.91 Å². The first-order valence-corrected chi connectivity index (χ1v) is 7.21. The average Bonchev–Trinajstić information content (AvgIpc) is 2.79. The number of aryl methyl sites for hydroxylation is 1. The zero-order valence-electron chi connectivity index (χ0n) is 12.0. The first-order chi connectivity index (χ1) is 9.81. The van der Waals surface area contributed by atoms with Crippen LogP contribution in [0.15, 0.2) is 24.3 Å². The molecule has 3 nitrogen and oxygen atoms in total. The molecule has 0 aliphatic rings. The quantitative estimate of drug-likeness (QED) is 0.938. The largest absolute Gasteiger partial charge is 0.398 e. The number of halogens is 2. The summed E-state index contributed by atoms with van der Waals surface area (Å²) in [5, 5.41) is 0. The van der Waals surface area contributed by atoms with Crippen LogP contribution in [-0.4, -0.2) is 17.9 Å². The molecule has 0 radical (unpaired) electrons. The van der Waals surface area contributed by atoms with Crippen molar-refractivity contribution in [3.8, 4) is 0 Å². The molecule has 0 bridgehead atoms. The van der Waals surface area contributed by atoms with Gasteiger partial charge in [0.15, 0.2) is 0 Å². The van der Waals surface area contributed by atoms with Crippen molar-refractivity contribution >= 4 is 22.9 Å². The fraction of sp³-hybridized carbons (Fsp3) is 0.267. The van der Waals surface area contributed by atoms with Crippen molar-refractivity contribution in [3.63, 3.8) is 0 Å². The van der Waals surface area contributed by atoms with Crippen molar-refractivity contribution in [2.45, 2.75) is 19.9 Å². The smallest absolute Gasteiger partial charge is 0.264 e. The highest BCUT2D eigenvalue weighted by atomic mass is 32.1. The standard InChI is InChI=1S/C15H16F2N2OS/c1-8(11-6-10(16)4-5-12(11)17)19(3)15(20)14-7-13(18)9(2)21-14/h4-8H,18H2,1-3H3. The summed E-state index contributed by atoms with van der Waals surface area (Å²) in [4.78, 5) is 15.1. The summed E-state index contributed by atoms with van der Waals surface area (Å²) >= 11 is 1.29. The second-order valence-corrected chi connectivity index (χ2v) is 6.14. The second-order valence-electron chi connectivity index (χ2n) is 4.88. The number of nitrogens with two attached hydrogens (primary N) is 1. The van der Waals surface area contributed by atoms with E-state index >= 15 is 0 Å². The number of benzene rings is 1. The molecular weight excluding hydrogens is 294 g/mol. The molecule has 2 aromatic rings. The number of anilines is 1. The van der Waals surface area contributed by atoms with E-state index in [2.05, 4.69) is 0 Å². The Hall–Kier alpha value is -1.95. The van der Waals surface area contributed by atoms with Gasteiger partial charge in [-0.3, -0.25) is 4.79 Å². The van der Waals surface area contributed by atoms with Crippen LogP contribution < -0.4 is 5.73 Å². The zero-order valence-corrected chi connectivity index (χ0v) is 12.8. The molecule has 1 aromatic heterocycles. The van der Waals surface area contributed by atoms with Crippen molar-refractivity contribution in [1.29, 1.82) is 0 Å². The Morgan fingerprint density at radius 1 is 1.33 bits per heavy atom. The van der Waals surface area contributed by atoms with Crippen molar-refractivity contribution in [2.24, 2.45) is 0 Å². The van der Waals surface area contributed by atoms with Gasteiger partial charge < -0.3 is 10.6 Å². The van der Waals surface area contributed by atoms with Gasteiger partial charge in [-0.15, -0.1) is 11.3 Å². The van der Waals surface area contributed by atoms with E-state index < -0.39 is 17.7 Å². The van der Waals surface area contributed by atoms with E-state index in [1.54, 1.807) is 20.0 Å². The Bertz CT molecular complexity index is 665. The molecule has 21 heavy (non-hydrogen) atoms. The molecule has 2 N–H and O–H groups in total. The van der Waals surface area contributed by atoms with Crippen LogP contribution in [0.4, 0.5) is 14.5 Å². The Balaban J connectivity index is 2.28. The zero-order chi connectivity index (χ0) is 15.7. The molecule has 0 saturated carbocycles. The van der Waals surface area contributed by atoms with Crippen LogP contribution in [-0.2, 0) is 0 Å². The maximum Gasteiger partial charge on any atom is 0.264 e. The summed E-state index contributed by atoms with van der Waals surface area (Å²) in [6.45, 7) is 3.48. The van der Waals surface area contributed by atoms with Gasteiger partial charge in [0.05, 0.1) is 10.9 Å². The minimum absolute atomic E-state index is 0.145. The molecule has 112 valence electrons. The monoisotopic (exact) mass is 310 g/mol. The topological polar surface area (TPSA) is 46.3 Å². The van der Waals surface area contributed by atoms with Crippen LogP contribution >= 0.6 is 11.3 Å². The molecular formula is C15H16F2N2OS. The molecule has 0 aliphatic carbocycles. The van der Waals surface area contributed by atoms with Crippen LogP contribution in [0.5, 0.6) is 0 Å². The molecule has 2 rings (SSSR count). The first-order valence-electron chi connectivity index (χ1n) is 6.39. The van der Waals surface area contributed by atoms with Gasteiger partial charge in [-0.25, -0.2) is 8.78 Å². The lowest BCUT2D eigenvalue weighted by atomic mass is 10.1. The minimum atomic E-state index is -0.586. The second kappa shape index (κ2) is 5.81. The van der Waals surface area contributed by atoms with Crippen molar-refractivity contribution in [3.05, 3.63) is 51.2 Å². The predicted molar refractivity (Wildman–Crippen MR) is 80.3 cm³/mol. The van der Waals surface area contributed by atoms with Gasteiger partial charge in [0.2, 0.25) is 0 Å². The minimum Gasteiger partial charge on any atom is -0.398 e. The maximum atomic E-state index is 13.8. The average molecular weight is 310 g/mol. The third kappa shape index (κ3) is 3.05. The summed E-state index contributed by atoms with van der Waals surface area (Å²) < 4.78 is 27.1. The van der Waals surface area contributed by atoms with Crippen LogP contribution in [0.3, 0.4) is 0 Å². The SMILES string of the molecule is Cc1sc(C(=O)N(C)C(C)c2cc(F)ccc2F)cc1N. The van der Waals surface area contributed by atoms with E-state index in [1.165, 1.54) is 16.2 Å². The van der Waals surface area contributed by atoms with Crippen LogP contribution in [0.25, 0.3) is 0 Å². The molecule has 0 fully saturated rings. The summed E-state index contributed by atoms with van der Waals surface area (Å²) in [7, 11) is 1.56. The number of amides is 1. The number of hydrogen-bond acceptors (Lipinski definition) is 3.